The van der Waals surface area contributed by atoms with E-state index >= 15 is 0 Å². The number of ether oxygens (including phenoxy) is 1. The average molecular weight is 434 g/mol. The molecule has 0 saturated heterocycles. The quantitative estimate of drug-likeness (QED) is 0.582. The molecule has 6 nitrogen and oxygen atoms in total. The molecule has 1 aromatic heterocycles. The number of pyridine rings is 1. The third kappa shape index (κ3) is 4.02. The van der Waals surface area contributed by atoms with E-state index in [4.69, 9.17) is 16.3 Å². The highest BCUT2D eigenvalue weighted by Gasteiger charge is 2.40. The number of carbonyl (C=O) groups is 2. The lowest BCUT2D eigenvalue weighted by Crippen LogP contribution is -2.32. The Hall–Kier alpha value is -3.64. The van der Waals surface area contributed by atoms with Gasteiger partial charge in [0, 0.05) is 22.5 Å². The Labute approximate surface area is 185 Å². The number of aryl methyl sites for hydroxylation is 1. The Morgan fingerprint density at radius 2 is 1.81 bits per heavy atom. The van der Waals surface area contributed by atoms with Crippen molar-refractivity contribution in [1.82, 2.24) is 9.88 Å². The van der Waals surface area contributed by atoms with Crippen molar-refractivity contribution in [2.45, 2.75) is 13.5 Å². The van der Waals surface area contributed by atoms with E-state index in [-0.39, 0.29) is 17.8 Å². The topological polar surface area (TPSA) is 71.5 Å². The van der Waals surface area contributed by atoms with Gasteiger partial charge in [-0.15, -0.1) is 0 Å². The predicted molar refractivity (Wildman–Crippen MR) is 120 cm³/mol. The summed E-state index contributed by atoms with van der Waals surface area (Å²) in [5, 5.41) is 3.67. The largest absolute Gasteiger partial charge is 0.496 e. The molecule has 1 aliphatic heterocycles. The third-order valence-corrected chi connectivity index (χ3v) is 5.44. The van der Waals surface area contributed by atoms with E-state index in [1.54, 1.807) is 42.6 Å². The van der Waals surface area contributed by atoms with Gasteiger partial charge in [0.15, 0.2) is 0 Å². The van der Waals surface area contributed by atoms with Crippen LogP contribution in [0.3, 0.4) is 0 Å². The molecule has 0 fully saturated rings. The summed E-state index contributed by atoms with van der Waals surface area (Å²) in [5.74, 6) is -0.353. The minimum absolute atomic E-state index is 0.0665. The fourth-order valence-corrected chi connectivity index (χ4v) is 3.59. The summed E-state index contributed by atoms with van der Waals surface area (Å²) in [6.45, 7) is 1.96. The van der Waals surface area contributed by atoms with E-state index < -0.39 is 11.8 Å². The second-order valence-corrected chi connectivity index (χ2v) is 7.46. The fourth-order valence-electron chi connectivity index (χ4n) is 3.41. The van der Waals surface area contributed by atoms with Crippen LogP contribution in [0.2, 0.25) is 5.02 Å². The minimum atomic E-state index is -0.437. The van der Waals surface area contributed by atoms with Gasteiger partial charge in [0.2, 0.25) is 0 Å². The van der Waals surface area contributed by atoms with E-state index in [2.05, 4.69) is 10.3 Å². The summed E-state index contributed by atoms with van der Waals surface area (Å²) >= 11 is 6.25. The second kappa shape index (κ2) is 8.62. The predicted octanol–water partition coefficient (Wildman–Crippen LogP) is 4.44. The molecule has 0 spiro atoms. The van der Waals surface area contributed by atoms with Crippen molar-refractivity contribution < 1.29 is 14.3 Å². The SMILES string of the molecule is COc1ccccc1C1=C(Nc2ccc(C)c(Cl)c2)C(=O)N(Cc2ccccn2)C1=O. The fraction of sp³-hybridized carbons (Fsp3) is 0.125. The Morgan fingerprint density at radius 3 is 2.52 bits per heavy atom. The second-order valence-electron chi connectivity index (χ2n) is 7.06. The molecule has 1 aliphatic rings. The van der Waals surface area contributed by atoms with E-state index in [1.807, 2.05) is 31.2 Å². The standard InChI is InChI=1S/C24H20ClN3O3/c1-15-10-11-16(13-19(15)25)27-22-21(18-8-3-4-9-20(18)31-2)23(29)28(24(22)30)14-17-7-5-6-12-26-17/h3-13,27H,14H2,1-2H3. The molecular formula is C24H20ClN3O3. The van der Waals surface area contributed by atoms with Crippen LogP contribution in [0.5, 0.6) is 5.75 Å². The lowest BCUT2D eigenvalue weighted by molar-refractivity contribution is -0.137. The van der Waals surface area contributed by atoms with Crippen LogP contribution in [0.1, 0.15) is 16.8 Å². The van der Waals surface area contributed by atoms with E-state index in [0.717, 1.165) is 5.56 Å². The van der Waals surface area contributed by atoms with Gasteiger partial charge in [-0.05, 0) is 42.8 Å². The van der Waals surface area contributed by atoms with Gasteiger partial charge < -0.3 is 10.1 Å². The first-order chi connectivity index (χ1) is 15.0. The number of carbonyl (C=O) groups excluding carboxylic acids is 2. The minimum Gasteiger partial charge on any atom is -0.496 e. The molecule has 0 saturated carbocycles. The van der Waals surface area contributed by atoms with Gasteiger partial charge in [-0.2, -0.15) is 0 Å². The number of imide groups is 1. The van der Waals surface area contributed by atoms with Crippen LogP contribution < -0.4 is 10.1 Å². The van der Waals surface area contributed by atoms with Crippen molar-refractivity contribution >= 4 is 34.7 Å². The maximum absolute atomic E-state index is 13.4. The van der Waals surface area contributed by atoms with Crippen LogP contribution in [0.25, 0.3) is 5.57 Å². The zero-order chi connectivity index (χ0) is 22.0. The van der Waals surface area contributed by atoms with Gasteiger partial charge >= 0.3 is 0 Å². The van der Waals surface area contributed by atoms with Gasteiger partial charge in [-0.25, -0.2) is 0 Å². The van der Waals surface area contributed by atoms with Gasteiger partial charge in [0.1, 0.15) is 11.4 Å². The van der Waals surface area contributed by atoms with Crippen molar-refractivity contribution in [2.24, 2.45) is 0 Å². The highest BCUT2D eigenvalue weighted by Crippen LogP contribution is 2.36. The number of hydrogen-bond acceptors (Lipinski definition) is 5. The first-order valence-corrected chi connectivity index (χ1v) is 10.0. The summed E-state index contributed by atoms with van der Waals surface area (Å²) in [7, 11) is 1.53. The molecule has 0 unspecified atom stereocenters. The lowest BCUT2D eigenvalue weighted by Gasteiger charge is -2.15. The smallest absolute Gasteiger partial charge is 0.278 e. The number of aromatic nitrogens is 1. The zero-order valence-corrected chi connectivity index (χ0v) is 17.8. The maximum Gasteiger partial charge on any atom is 0.278 e. The zero-order valence-electron chi connectivity index (χ0n) is 17.1. The number of nitrogens with one attached hydrogen (secondary N) is 1. The van der Waals surface area contributed by atoms with Gasteiger partial charge in [0.05, 0.1) is 24.9 Å². The summed E-state index contributed by atoms with van der Waals surface area (Å²) in [4.78, 5) is 32.2. The first kappa shape index (κ1) is 20.6. The number of hydrogen-bond donors (Lipinski definition) is 1. The molecule has 0 bridgehead atoms. The molecule has 1 N–H and O–H groups in total. The average Bonchev–Trinajstić information content (AvgIpc) is 3.01. The molecular weight excluding hydrogens is 414 g/mol. The first-order valence-electron chi connectivity index (χ1n) is 9.66. The number of nitrogens with zero attached hydrogens (tertiary/aromatic N) is 2. The number of halogens is 1. The van der Waals surface area contributed by atoms with Crippen LogP contribution in [0, 0.1) is 6.92 Å². The molecule has 0 atom stereocenters. The van der Waals surface area contributed by atoms with Gasteiger partial charge in [-0.1, -0.05) is 41.9 Å². The van der Waals surface area contributed by atoms with Gasteiger partial charge in [-0.3, -0.25) is 19.5 Å². The highest BCUT2D eigenvalue weighted by atomic mass is 35.5. The molecule has 2 heterocycles. The summed E-state index contributed by atoms with van der Waals surface area (Å²) < 4.78 is 5.45. The molecule has 2 amide bonds. The summed E-state index contributed by atoms with van der Waals surface area (Å²) in [6, 6.07) is 17.9. The molecule has 4 rings (SSSR count). The Bertz CT molecular complexity index is 1190. The van der Waals surface area contributed by atoms with Crippen LogP contribution in [0.4, 0.5) is 5.69 Å². The van der Waals surface area contributed by atoms with E-state index in [9.17, 15) is 9.59 Å². The van der Waals surface area contributed by atoms with Crippen LogP contribution in [0.15, 0.2) is 72.6 Å². The third-order valence-electron chi connectivity index (χ3n) is 5.03. The Kier molecular flexibility index (Phi) is 5.73. The number of methoxy groups -OCH3 is 1. The molecule has 31 heavy (non-hydrogen) atoms. The molecule has 156 valence electrons. The Balaban J connectivity index is 1.79. The van der Waals surface area contributed by atoms with Crippen LogP contribution >= 0.6 is 11.6 Å². The van der Waals surface area contributed by atoms with Crippen LogP contribution in [-0.2, 0) is 16.1 Å². The summed E-state index contributed by atoms with van der Waals surface area (Å²) in [6.07, 6.45) is 1.63. The number of benzene rings is 2. The van der Waals surface area contributed by atoms with Crippen LogP contribution in [-0.4, -0.2) is 28.8 Å². The summed E-state index contributed by atoms with van der Waals surface area (Å²) in [5.41, 5.74) is 3.09. The molecule has 2 aromatic carbocycles. The maximum atomic E-state index is 13.4. The van der Waals surface area contributed by atoms with Crippen molar-refractivity contribution in [3.8, 4) is 5.75 Å². The normalized spacial score (nSPS) is 13.7. The molecule has 3 aromatic rings. The monoisotopic (exact) mass is 433 g/mol. The lowest BCUT2D eigenvalue weighted by atomic mass is 10.0. The van der Waals surface area contributed by atoms with E-state index in [1.165, 1.54) is 12.0 Å². The highest BCUT2D eigenvalue weighted by molar-refractivity contribution is 6.37. The van der Waals surface area contributed by atoms with Crippen molar-refractivity contribution in [3.05, 3.63) is 94.4 Å². The number of anilines is 1. The Morgan fingerprint density at radius 1 is 1.03 bits per heavy atom. The van der Waals surface area contributed by atoms with Gasteiger partial charge in [0.25, 0.3) is 11.8 Å². The molecule has 7 heteroatoms. The van der Waals surface area contributed by atoms with Crippen molar-refractivity contribution in [1.29, 1.82) is 0 Å². The number of para-hydroxylation sites is 1. The van der Waals surface area contributed by atoms with E-state index in [0.29, 0.717) is 27.7 Å². The number of rotatable bonds is 6. The molecule has 0 aliphatic carbocycles. The molecule has 0 radical (unpaired) electrons. The number of amides is 2. The van der Waals surface area contributed by atoms with Crippen molar-refractivity contribution in [3.63, 3.8) is 0 Å². The van der Waals surface area contributed by atoms with Crippen molar-refractivity contribution in [2.75, 3.05) is 12.4 Å².